The van der Waals surface area contributed by atoms with E-state index in [0.29, 0.717) is 29.4 Å². The van der Waals surface area contributed by atoms with Crippen LogP contribution < -0.4 is 14.7 Å². The first-order valence-electron chi connectivity index (χ1n) is 14.4. The Morgan fingerprint density at radius 2 is 1.31 bits per heavy atom. The predicted molar refractivity (Wildman–Crippen MR) is 165 cm³/mol. The molecule has 2 saturated heterocycles. The zero-order valence-electron chi connectivity index (χ0n) is 23.0. The monoisotopic (exact) mass is 575 g/mol. The number of carbonyl (C=O) groups is 3. The molecule has 7 rings (SSSR count). The lowest BCUT2D eigenvalue weighted by Gasteiger charge is -2.56. The van der Waals surface area contributed by atoms with Crippen molar-refractivity contribution in [2.24, 2.45) is 11.3 Å². The van der Waals surface area contributed by atoms with Crippen molar-refractivity contribution in [2.45, 2.75) is 31.7 Å². The van der Waals surface area contributed by atoms with Gasteiger partial charge in [0.25, 0.3) is 11.8 Å². The number of halogens is 1. The molecule has 0 unspecified atom stereocenters. The Labute approximate surface area is 250 Å². The molecule has 0 aliphatic carbocycles. The van der Waals surface area contributed by atoms with E-state index in [1.165, 1.54) is 15.4 Å². The number of rotatable bonds is 4. The third-order valence-corrected chi connectivity index (χ3v) is 9.29. The van der Waals surface area contributed by atoms with E-state index in [1.54, 1.807) is 48.5 Å². The van der Waals surface area contributed by atoms with Crippen molar-refractivity contribution in [3.05, 3.63) is 125 Å². The number of urea groups is 1. The van der Waals surface area contributed by atoms with Crippen molar-refractivity contribution in [1.82, 2.24) is 0 Å². The molecule has 6 nitrogen and oxygen atoms in total. The Bertz CT molecular complexity index is 1600. The van der Waals surface area contributed by atoms with Gasteiger partial charge in [0.05, 0.1) is 17.4 Å². The third kappa shape index (κ3) is 4.21. The molecule has 3 aliphatic rings. The van der Waals surface area contributed by atoms with Gasteiger partial charge in [-0.2, -0.15) is 0 Å². The molecule has 7 heteroatoms. The SMILES string of the molecule is O=C1N(c2ccccc2)C(=O)C2(Cc3ccc(Cl)cc3N3CC[C@@H](Cc4ccccc4)C[C@H]32)C(=O)N1c1ccccc1. The largest absolute Gasteiger partial charge is 0.367 e. The smallest absolute Gasteiger partial charge is 0.342 e. The standard InChI is InChI=1S/C35H30ClN3O3/c36-27-17-16-26-23-35(31-21-25(18-19-37(31)30(26)22-27)20-24-10-4-1-5-11-24)32(40)38(28-12-6-2-7-13-28)34(42)39(33(35)41)29-14-8-3-9-15-29/h1-17,22,25,31H,18-21,23H2/t25-,31-/m0/s1. The summed E-state index contributed by atoms with van der Waals surface area (Å²) in [6.45, 7) is 0.683. The maximum absolute atomic E-state index is 14.9. The number of para-hydroxylation sites is 2. The lowest BCUT2D eigenvalue weighted by Crippen LogP contribution is -2.74. The molecular weight excluding hydrogens is 546 g/mol. The van der Waals surface area contributed by atoms with E-state index < -0.39 is 29.3 Å². The minimum Gasteiger partial charge on any atom is -0.367 e. The number of piperidine rings is 1. The summed E-state index contributed by atoms with van der Waals surface area (Å²) in [5.74, 6) is -0.668. The maximum atomic E-state index is 14.9. The van der Waals surface area contributed by atoms with Crippen LogP contribution in [0.25, 0.3) is 0 Å². The normalized spacial score (nSPS) is 21.4. The summed E-state index contributed by atoms with van der Waals surface area (Å²) in [4.78, 5) is 48.6. The predicted octanol–water partition coefficient (Wildman–Crippen LogP) is 6.91. The number of imide groups is 2. The van der Waals surface area contributed by atoms with Crippen LogP contribution in [0.1, 0.15) is 24.0 Å². The van der Waals surface area contributed by atoms with Crippen molar-refractivity contribution in [3.63, 3.8) is 0 Å². The van der Waals surface area contributed by atoms with E-state index in [4.69, 9.17) is 11.6 Å². The van der Waals surface area contributed by atoms with Gasteiger partial charge < -0.3 is 4.90 Å². The second-order valence-electron chi connectivity index (χ2n) is 11.4. The molecule has 0 aromatic heterocycles. The third-order valence-electron chi connectivity index (χ3n) is 9.05. The first-order chi connectivity index (χ1) is 20.5. The number of carbonyl (C=O) groups excluding carboxylic acids is 3. The summed E-state index contributed by atoms with van der Waals surface area (Å²) < 4.78 is 0. The van der Waals surface area contributed by atoms with Crippen LogP contribution >= 0.6 is 11.6 Å². The number of amides is 4. The Balaban J connectivity index is 1.40. The second kappa shape index (κ2) is 10.4. The first-order valence-corrected chi connectivity index (χ1v) is 14.8. The van der Waals surface area contributed by atoms with E-state index in [9.17, 15) is 14.4 Å². The van der Waals surface area contributed by atoms with Gasteiger partial charge in [-0.3, -0.25) is 9.59 Å². The number of fused-ring (bicyclic) bond motifs is 4. The summed E-state index contributed by atoms with van der Waals surface area (Å²) in [7, 11) is 0. The fourth-order valence-corrected chi connectivity index (χ4v) is 7.28. The molecule has 1 spiro atoms. The van der Waals surface area contributed by atoms with Gasteiger partial charge in [0.1, 0.15) is 0 Å². The fraction of sp³-hybridized carbons (Fsp3) is 0.229. The number of barbiturate groups is 1. The molecule has 4 amide bonds. The van der Waals surface area contributed by atoms with Gasteiger partial charge in [-0.1, -0.05) is 84.4 Å². The lowest BCUT2D eigenvalue weighted by molar-refractivity contribution is -0.143. The van der Waals surface area contributed by atoms with Crippen molar-refractivity contribution in [2.75, 3.05) is 21.2 Å². The molecule has 0 saturated carbocycles. The van der Waals surface area contributed by atoms with Crippen LogP contribution in [0.5, 0.6) is 0 Å². The van der Waals surface area contributed by atoms with Crippen LogP contribution in [-0.2, 0) is 22.4 Å². The molecule has 3 heterocycles. The molecule has 42 heavy (non-hydrogen) atoms. The summed E-state index contributed by atoms with van der Waals surface area (Å²) in [6.07, 6.45) is 2.60. The number of hydrogen-bond acceptors (Lipinski definition) is 4. The summed E-state index contributed by atoms with van der Waals surface area (Å²) in [5, 5.41) is 0.614. The number of benzene rings is 4. The van der Waals surface area contributed by atoms with Gasteiger partial charge >= 0.3 is 6.03 Å². The van der Waals surface area contributed by atoms with E-state index >= 15 is 0 Å². The highest BCUT2D eigenvalue weighted by Gasteiger charge is 2.65. The molecule has 2 atom stereocenters. The molecule has 2 fully saturated rings. The minimum atomic E-state index is -1.50. The molecule has 4 aromatic rings. The molecule has 0 N–H and O–H groups in total. The van der Waals surface area contributed by atoms with Crippen molar-refractivity contribution < 1.29 is 14.4 Å². The van der Waals surface area contributed by atoms with E-state index in [2.05, 4.69) is 17.0 Å². The van der Waals surface area contributed by atoms with Crippen molar-refractivity contribution in [3.8, 4) is 0 Å². The van der Waals surface area contributed by atoms with Crippen molar-refractivity contribution >= 4 is 46.5 Å². The first kappa shape index (κ1) is 26.5. The van der Waals surface area contributed by atoms with E-state index in [1.807, 2.05) is 48.5 Å². The average Bonchev–Trinajstić information content (AvgIpc) is 3.02. The Hall–Kier alpha value is -4.42. The zero-order valence-corrected chi connectivity index (χ0v) is 23.8. The molecule has 4 aromatic carbocycles. The van der Waals surface area contributed by atoms with Crippen LogP contribution in [0.3, 0.4) is 0 Å². The molecule has 210 valence electrons. The van der Waals surface area contributed by atoms with Gasteiger partial charge in [-0.15, -0.1) is 0 Å². The minimum absolute atomic E-state index is 0.191. The maximum Gasteiger partial charge on any atom is 0.342 e. The van der Waals surface area contributed by atoms with Crippen LogP contribution in [-0.4, -0.2) is 30.4 Å². The highest BCUT2D eigenvalue weighted by atomic mass is 35.5. The Morgan fingerprint density at radius 1 is 0.738 bits per heavy atom. The Kier molecular flexibility index (Phi) is 6.59. The second-order valence-corrected chi connectivity index (χ2v) is 11.9. The zero-order chi connectivity index (χ0) is 28.8. The number of nitrogens with zero attached hydrogens (tertiary/aromatic N) is 3. The Morgan fingerprint density at radius 3 is 1.90 bits per heavy atom. The summed E-state index contributed by atoms with van der Waals surface area (Å²) >= 11 is 6.48. The lowest BCUT2D eigenvalue weighted by atomic mass is 9.63. The number of anilines is 3. The highest BCUT2D eigenvalue weighted by Crippen LogP contribution is 2.51. The molecule has 0 bridgehead atoms. The van der Waals surface area contributed by atoms with Gasteiger partial charge in [0.2, 0.25) is 0 Å². The van der Waals surface area contributed by atoms with Gasteiger partial charge in [-0.05, 0) is 79.1 Å². The summed E-state index contributed by atoms with van der Waals surface area (Å²) in [5.41, 5.74) is 2.48. The van der Waals surface area contributed by atoms with Crippen LogP contribution in [0.4, 0.5) is 21.9 Å². The highest BCUT2D eigenvalue weighted by molar-refractivity contribution is 6.39. The van der Waals surface area contributed by atoms with E-state index in [-0.39, 0.29) is 12.3 Å². The molecular formula is C35H30ClN3O3. The van der Waals surface area contributed by atoms with Gasteiger partial charge in [0, 0.05) is 17.3 Å². The summed E-state index contributed by atoms with van der Waals surface area (Å²) in [6, 6.07) is 32.8. The molecule has 0 radical (unpaired) electrons. The fourth-order valence-electron chi connectivity index (χ4n) is 7.11. The number of hydrogen-bond donors (Lipinski definition) is 0. The average molecular weight is 576 g/mol. The van der Waals surface area contributed by atoms with Crippen LogP contribution in [0.15, 0.2) is 109 Å². The topological polar surface area (TPSA) is 60.9 Å². The van der Waals surface area contributed by atoms with E-state index in [0.717, 1.165) is 24.1 Å². The van der Waals surface area contributed by atoms with Gasteiger partial charge in [-0.25, -0.2) is 14.6 Å². The van der Waals surface area contributed by atoms with Gasteiger partial charge in [0.15, 0.2) is 5.41 Å². The van der Waals surface area contributed by atoms with Crippen molar-refractivity contribution in [1.29, 1.82) is 0 Å². The van der Waals surface area contributed by atoms with Crippen LogP contribution in [0, 0.1) is 11.3 Å². The quantitative estimate of drug-likeness (QED) is 0.248. The molecule has 3 aliphatic heterocycles. The van der Waals surface area contributed by atoms with Crippen LogP contribution in [0.2, 0.25) is 5.02 Å².